The van der Waals surface area contributed by atoms with Gasteiger partial charge in [-0.3, -0.25) is 0 Å². The molecular formula is C24H22BrCl2NO4. The van der Waals surface area contributed by atoms with E-state index in [1.165, 1.54) is 0 Å². The van der Waals surface area contributed by atoms with Gasteiger partial charge in [0.15, 0.2) is 23.0 Å². The minimum atomic E-state index is 0.236. The molecule has 1 N–H and O–H groups in total. The Bertz CT molecular complexity index is 1090. The number of rotatable bonds is 8. The number of benzene rings is 3. The molecule has 1 aliphatic heterocycles. The van der Waals surface area contributed by atoms with Gasteiger partial charge in [0.05, 0.1) is 6.61 Å². The number of anilines is 1. The zero-order valence-corrected chi connectivity index (χ0v) is 20.5. The predicted molar refractivity (Wildman–Crippen MR) is 131 cm³/mol. The lowest BCUT2D eigenvalue weighted by Gasteiger charge is -2.19. The van der Waals surface area contributed by atoms with E-state index >= 15 is 0 Å². The summed E-state index contributed by atoms with van der Waals surface area (Å²) in [4.78, 5) is 0. The Balaban J connectivity index is 1.49. The summed E-state index contributed by atoms with van der Waals surface area (Å²) in [5.74, 6) is 2.77. The van der Waals surface area contributed by atoms with Crippen molar-refractivity contribution in [2.24, 2.45) is 0 Å². The summed E-state index contributed by atoms with van der Waals surface area (Å²) in [5.41, 5.74) is 2.69. The topological polar surface area (TPSA) is 49.0 Å². The Hall–Kier alpha value is -2.28. The van der Waals surface area contributed by atoms with Crippen molar-refractivity contribution in [3.05, 3.63) is 74.2 Å². The van der Waals surface area contributed by atoms with Crippen LogP contribution in [0.3, 0.4) is 0 Å². The number of hydrogen-bond donors (Lipinski definition) is 1. The zero-order chi connectivity index (χ0) is 22.5. The van der Waals surface area contributed by atoms with E-state index in [2.05, 4.69) is 21.2 Å². The highest BCUT2D eigenvalue weighted by molar-refractivity contribution is 9.10. The summed E-state index contributed by atoms with van der Waals surface area (Å²) in [7, 11) is 0. The van der Waals surface area contributed by atoms with Crippen molar-refractivity contribution in [1.29, 1.82) is 0 Å². The molecule has 0 bridgehead atoms. The molecule has 3 aromatic rings. The molecule has 0 atom stereocenters. The minimum Gasteiger partial charge on any atom is -0.490 e. The third-order valence-corrected chi connectivity index (χ3v) is 6.32. The number of nitrogens with one attached hydrogen (secondary N) is 1. The maximum absolute atomic E-state index is 6.27. The van der Waals surface area contributed by atoms with E-state index in [0.29, 0.717) is 47.9 Å². The van der Waals surface area contributed by atoms with Gasteiger partial charge in [-0.1, -0.05) is 45.2 Å². The highest BCUT2D eigenvalue weighted by atomic mass is 79.9. The molecule has 0 fully saturated rings. The van der Waals surface area contributed by atoms with Crippen LogP contribution in [-0.2, 0) is 13.2 Å². The average molecular weight is 539 g/mol. The van der Waals surface area contributed by atoms with Crippen LogP contribution < -0.4 is 24.3 Å². The molecular weight excluding hydrogens is 517 g/mol. The lowest BCUT2D eigenvalue weighted by molar-refractivity contribution is 0.171. The molecule has 0 unspecified atom stereocenters. The Kier molecular flexibility index (Phi) is 7.55. The summed E-state index contributed by atoms with van der Waals surface area (Å²) in [6.07, 6.45) is 0. The van der Waals surface area contributed by atoms with Gasteiger partial charge in [-0.25, -0.2) is 0 Å². The second kappa shape index (κ2) is 10.6. The maximum atomic E-state index is 6.27. The third-order valence-electron chi connectivity index (χ3n) is 4.87. The van der Waals surface area contributed by atoms with E-state index in [1.807, 2.05) is 37.3 Å². The van der Waals surface area contributed by atoms with Crippen molar-refractivity contribution in [3.8, 4) is 23.0 Å². The van der Waals surface area contributed by atoms with E-state index in [1.54, 1.807) is 18.2 Å². The van der Waals surface area contributed by atoms with E-state index < -0.39 is 0 Å². The second-order valence-electron chi connectivity index (χ2n) is 7.02. The number of hydrogen-bond acceptors (Lipinski definition) is 5. The molecule has 4 rings (SSSR count). The van der Waals surface area contributed by atoms with Crippen molar-refractivity contribution >= 4 is 44.8 Å². The first-order chi connectivity index (χ1) is 15.5. The molecule has 0 aliphatic carbocycles. The van der Waals surface area contributed by atoms with Gasteiger partial charge in [-0.15, -0.1) is 0 Å². The number of ether oxygens (including phenoxy) is 4. The minimum absolute atomic E-state index is 0.236. The molecule has 3 aromatic carbocycles. The predicted octanol–water partition coefficient (Wildman–Crippen LogP) is 7.12. The van der Waals surface area contributed by atoms with Crippen molar-refractivity contribution < 1.29 is 18.9 Å². The van der Waals surface area contributed by atoms with Crippen molar-refractivity contribution in [2.45, 2.75) is 20.1 Å². The Labute approximate surface area is 205 Å². The van der Waals surface area contributed by atoms with Crippen molar-refractivity contribution in [3.63, 3.8) is 0 Å². The van der Waals surface area contributed by atoms with Gasteiger partial charge >= 0.3 is 0 Å². The van der Waals surface area contributed by atoms with Gasteiger partial charge in [0.1, 0.15) is 19.8 Å². The second-order valence-corrected chi connectivity index (χ2v) is 8.69. The molecule has 1 aliphatic rings. The fraction of sp³-hybridized carbons (Fsp3) is 0.250. The highest BCUT2D eigenvalue weighted by Gasteiger charge is 2.15. The van der Waals surface area contributed by atoms with Gasteiger partial charge in [-0.05, 0) is 48.9 Å². The molecule has 0 radical (unpaired) electrons. The van der Waals surface area contributed by atoms with Crippen LogP contribution >= 0.6 is 39.1 Å². The number of halogens is 3. The lowest BCUT2D eigenvalue weighted by atomic mass is 10.2. The Morgan fingerprint density at radius 1 is 0.938 bits per heavy atom. The summed E-state index contributed by atoms with van der Waals surface area (Å²) < 4.78 is 24.0. The van der Waals surface area contributed by atoms with Crippen LogP contribution in [-0.4, -0.2) is 19.8 Å². The Morgan fingerprint density at radius 3 is 2.41 bits per heavy atom. The van der Waals surface area contributed by atoms with Crippen molar-refractivity contribution in [1.82, 2.24) is 0 Å². The van der Waals surface area contributed by atoms with Gasteiger partial charge in [0.2, 0.25) is 0 Å². The molecule has 0 saturated heterocycles. The monoisotopic (exact) mass is 537 g/mol. The molecule has 32 heavy (non-hydrogen) atoms. The van der Waals surface area contributed by atoms with Crippen LogP contribution in [0.4, 0.5) is 5.69 Å². The van der Waals surface area contributed by atoms with Gasteiger partial charge < -0.3 is 24.3 Å². The molecule has 5 nitrogen and oxygen atoms in total. The molecule has 0 aromatic heterocycles. The first-order valence-corrected chi connectivity index (χ1v) is 11.7. The smallest absolute Gasteiger partial charge is 0.163 e. The maximum Gasteiger partial charge on any atom is 0.163 e. The molecule has 8 heteroatoms. The van der Waals surface area contributed by atoms with Gasteiger partial charge in [-0.2, -0.15) is 0 Å². The van der Waals surface area contributed by atoms with Gasteiger partial charge in [0.25, 0.3) is 0 Å². The normalized spacial score (nSPS) is 12.4. The summed E-state index contributed by atoms with van der Waals surface area (Å²) in [5, 5.41) is 4.55. The fourth-order valence-electron chi connectivity index (χ4n) is 3.26. The molecule has 0 amide bonds. The van der Waals surface area contributed by atoms with Crippen LogP contribution in [0.15, 0.2) is 53.0 Å². The third kappa shape index (κ3) is 5.37. The standard InChI is InChI=1S/C24H22BrCl2NO4/c1-2-29-22-10-15(13-28-16-6-7-21-23(11-16)31-9-8-30-21)18(25)12-24(22)32-14-17-19(26)4-3-5-20(17)27/h3-7,10-12,28H,2,8-9,13-14H2,1H3. The largest absolute Gasteiger partial charge is 0.490 e. The van der Waals surface area contributed by atoms with E-state index in [0.717, 1.165) is 32.8 Å². The van der Waals surface area contributed by atoms with Crippen molar-refractivity contribution in [2.75, 3.05) is 25.1 Å². The van der Waals surface area contributed by atoms with E-state index in [-0.39, 0.29) is 6.61 Å². The quantitative estimate of drug-likeness (QED) is 0.331. The Morgan fingerprint density at radius 2 is 1.66 bits per heavy atom. The molecule has 0 spiro atoms. The SMILES string of the molecule is CCOc1cc(CNc2ccc3c(c2)OCCO3)c(Br)cc1OCc1c(Cl)cccc1Cl. The van der Waals surface area contributed by atoms with Crippen LogP contribution in [0.5, 0.6) is 23.0 Å². The van der Waals surface area contributed by atoms with E-state index in [4.69, 9.17) is 42.1 Å². The van der Waals surface area contributed by atoms with Gasteiger partial charge in [0, 0.05) is 38.4 Å². The summed E-state index contributed by atoms with van der Waals surface area (Å²) in [6.45, 7) is 4.39. The first kappa shape index (κ1) is 22.9. The molecule has 1 heterocycles. The zero-order valence-electron chi connectivity index (χ0n) is 17.4. The first-order valence-electron chi connectivity index (χ1n) is 10.2. The summed E-state index contributed by atoms with van der Waals surface area (Å²) in [6, 6.07) is 15.1. The van der Waals surface area contributed by atoms with Crippen LogP contribution in [0, 0.1) is 0 Å². The fourth-order valence-corrected chi connectivity index (χ4v) is 4.23. The molecule has 168 valence electrons. The van der Waals surface area contributed by atoms with Crippen LogP contribution in [0.25, 0.3) is 0 Å². The summed E-state index contributed by atoms with van der Waals surface area (Å²) >= 11 is 16.2. The van der Waals surface area contributed by atoms with E-state index in [9.17, 15) is 0 Å². The van der Waals surface area contributed by atoms with Crippen LogP contribution in [0.2, 0.25) is 10.0 Å². The number of fused-ring (bicyclic) bond motifs is 1. The van der Waals surface area contributed by atoms with Crippen LogP contribution in [0.1, 0.15) is 18.1 Å². The average Bonchev–Trinajstić information content (AvgIpc) is 2.79. The highest BCUT2D eigenvalue weighted by Crippen LogP contribution is 2.37. The lowest BCUT2D eigenvalue weighted by Crippen LogP contribution is -2.15. The molecule has 0 saturated carbocycles.